The van der Waals surface area contributed by atoms with E-state index in [0.29, 0.717) is 28.7 Å². The highest BCUT2D eigenvalue weighted by molar-refractivity contribution is 6.05. The predicted molar refractivity (Wildman–Crippen MR) is 118 cm³/mol. The maximum atomic E-state index is 13.0. The summed E-state index contributed by atoms with van der Waals surface area (Å²) in [5.74, 6) is -0.936. The number of hydrogen-bond donors (Lipinski definition) is 1. The molecule has 0 bridgehead atoms. The Balaban J connectivity index is 1.54. The van der Waals surface area contributed by atoms with Gasteiger partial charge in [-0.25, -0.2) is 9.78 Å². The number of carbonyl (C=O) groups is 2. The monoisotopic (exact) mass is 411 g/mol. The van der Waals surface area contributed by atoms with E-state index in [0.717, 1.165) is 11.1 Å². The third-order valence-electron chi connectivity index (χ3n) is 4.86. The van der Waals surface area contributed by atoms with Gasteiger partial charge in [-0.2, -0.15) is 0 Å². The van der Waals surface area contributed by atoms with E-state index >= 15 is 0 Å². The topological polar surface area (TPSA) is 81.2 Å². The highest BCUT2D eigenvalue weighted by Gasteiger charge is 2.21. The molecule has 2 aromatic carbocycles. The Morgan fingerprint density at radius 1 is 1.00 bits per heavy atom. The van der Waals surface area contributed by atoms with Crippen LogP contribution in [0, 0.1) is 0 Å². The molecule has 6 nitrogen and oxygen atoms in total. The second-order valence-electron chi connectivity index (χ2n) is 7.06. The van der Waals surface area contributed by atoms with Crippen LogP contribution < -0.4 is 5.32 Å². The number of nitrogens with zero attached hydrogens (tertiary/aromatic N) is 2. The molecule has 0 fully saturated rings. The number of fused-ring (bicyclic) bond motifs is 1. The second kappa shape index (κ2) is 9.17. The maximum absolute atomic E-state index is 13.0. The number of ether oxygens (including phenoxy) is 1. The first-order valence-corrected chi connectivity index (χ1v) is 9.94. The van der Waals surface area contributed by atoms with E-state index < -0.39 is 12.1 Å². The molecule has 0 aliphatic carbocycles. The van der Waals surface area contributed by atoms with Crippen molar-refractivity contribution >= 4 is 22.8 Å². The fraction of sp³-hybridized carbons (Fsp3) is 0.120. The number of esters is 1. The third-order valence-corrected chi connectivity index (χ3v) is 4.86. The van der Waals surface area contributed by atoms with E-state index in [9.17, 15) is 9.59 Å². The molecule has 0 aliphatic heterocycles. The van der Waals surface area contributed by atoms with Crippen LogP contribution >= 0.6 is 0 Å². The van der Waals surface area contributed by atoms with Crippen molar-refractivity contribution in [1.82, 2.24) is 15.3 Å². The van der Waals surface area contributed by atoms with E-state index in [1.54, 1.807) is 25.4 Å². The molecule has 2 heterocycles. The summed E-state index contributed by atoms with van der Waals surface area (Å²) in [4.78, 5) is 34.2. The van der Waals surface area contributed by atoms with Crippen molar-refractivity contribution in [2.45, 2.75) is 19.6 Å². The van der Waals surface area contributed by atoms with Gasteiger partial charge in [0.05, 0.1) is 16.8 Å². The van der Waals surface area contributed by atoms with Crippen molar-refractivity contribution in [2.24, 2.45) is 0 Å². The Labute approximate surface area is 179 Å². The number of amides is 1. The lowest BCUT2D eigenvalue weighted by Crippen LogP contribution is -2.35. The lowest BCUT2D eigenvalue weighted by Gasteiger charge is -2.15. The number of benzene rings is 2. The molecule has 1 atom stereocenters. The van der Waals surface area contributed by atoms with Crippen molar-refractivity contribution in [2.75, 3.05) is 0 Å². The van der Waals surface area contributed by atoms with Gasteiger partial charge in [-0.1, -0.05) is 48.5 Å². The van der Waals surface area contributed by atoms with Gasteiger partial charge in [-0.05, 0) is 36.8 Å². The smallest absolute Gasteiger partial charge is 0.339 e. The molecule has 2 aromatic heterocycles. The van der Waals surface area contributed by atoms with Crippen LogP contribution in [0.4, 0.5) is 0 Å². The molecule has 0 aliphatic rings. The molecule has 0 saturated carbocycles. The molecule has 1 N–H and O–H groups in total. The summed E-state index contributed by atoms with van der Waals surface area (Å²) in [5, 5.41) is 3.46. The van der Waals surface area contributed by atoms with Gasteiger partial charge in [0.2, 0.25) is 0 Å². The Morgan fingerprint density at radius 2 is 1.77 bits per heavy atom. The zero-order valence-electron chi connectivity index (χ0n) is 17.0. The van der Waals surface area contributed by atoms with Crippen molar-refractivity contribution in [3.8, 4) is 11.3 Å². The molecule has 31 heavy (non-hydrogen) atoms. The minimum atomic E-state index is -0.940. The first-order chi connectivity index (χ1) is 15.1. The van der Waals surface area contributed by atoms with Crippen molar-refractivity contribution in [3.63, 3.8) is 0 Å². The van der Waals surface area contributed by atoms with Crippen LogP contribution in [0.2, 0.25) is 0 Å². The summed E-state index contributed by atoms with van der Waals surface area (Å²) in [6.45, 7) is 1.93. The van der Waals surface area contributed by atoms with Crippen LogP contribution in [0.25, 0.3) is 22.2 Å². The number of para-hydroxylation sites is 1. The van der Waals surface area contributed by atoms with E-state index in [1.807, 2.05) is 66.7 Å². The van der Waals surface area contributed by atoms with Gasteiger partial charge >= 0.3 is 5.97 Å². The number of rotatable bonds is 6. The first-order valence-electron chi connectivity index (χ1n) is 9.94. The highest BCUT2D eigenvalue weighted by atomic mass is 16.5. The van der Waals surface area contributed by atoms with Crippen LogP contribution in [0.1, 0.15) is 22.8 Å². The number of hydrogen-bond acceptors (Lipinski definition) is 5. The largest absolute Gasteiger partial charge is 0.449 e. The Hall–Kier alpha value is -4.06. The Morgan fingerprint density at radius 3 is 2.55 bits per heavy atom. The average Bonchev–Trinajstić information content (AvgIpc) is 2.83. The van der Waals surface area contributed by atoms with E-state index in [2.05, 4.69) is 15.3 Å². The predicted octanol–water partition coefficient (Wildman–Crippen LogP) is 4.16. The molecule has 4 aromatic rings. The number of carbonyl (C=O) groups excluding carboxylic acids is 2. The molecular weight excluding hydrogens is 390 g/mol. The van der Waals surface area contributed by atoms with Gasteiger partial charge < -0.3 is 10.1 Å². The van der Waals surface area contributed by atoms with E-state index in [1.165, 1.54) is 0 Å². The normalized spacial score (nSPS) is 11.6. The van der Waals surface area contributed by atoms with Crippen molar-refractivity contribution in [3.05, 3.63) is 96.3 Å². The van der Waals surface area contributed by atoms with Gasteiger partial charge in [-0.3, -0.25) is 9.78 Å². The molecule has 0 saturated heterocycles. The summed E-state index contributed by atoms with van der Waals surface area (Å²) < 4.78 is 5.49. The summed E-state index contributed by atoms with van der Waals surface area (Å²) in [7, 11) is 0. The van der Waals surface area contributed by atoms with Gasteiger partial charge in [0.25, 0.3) is 5.91 Å². The molecule has 154 valence electrons. The minimum Gasteiger partial charge on any atom is -0.449 e. The molecule has 0 radical (unpaired) electrons. The summed E-state index contributed by atoms with van der Waals surface area (Å²) in [5.41, 5.74) is 3.38. The fourth-order valence-electron chi connectivity index (χ4n) is 3.21. The summed E-state index contributed by atoms with van der Waals surface area (Å²) in [6, 6.07) is 22.2. The van der Waals surface area contributed by atoms with Gasteiger partial charge in [0.15, 0.2) is 6.10 Å². The number of nitrogens with one attached hydrogen (secondary N) is 1. The molecular formula is C25H21N3O3. The molecule has 0 unspecified atom stereocenters. The van der Waals surface area contributed by atoms with Gasteiger partial charge in [0.1, 0.15) is 0 Å². The number of aromatic nitrogens is 2. The van der Waals surface area contributed by atoms with E-state index in [4.69, 9.17) is 4.74 Å². The fourth-order valence-corrected chi connectivity index (χ4v) is 3.21. The van der Waals surface area contributed by atoms with Gasteiger partial charge in [-0.15, -0.1) is 0 Å². The zero-order chi connectivity index (χ0) is 21.6. The van der Waals surface area contributed by atoms with Crippen molar-refractivity contribution < 1.29 is 14.3 Å². The SMILES string of the molecule is C[C@H](OC(=O)c1cc(-c2cccnc2)nc2ccccc12)C(=O)NCc1ccccc1. The first kappa shape index (κ1) is 20.2. The van der Waals surface area contributed by atoms with Gasteiger partial charge in [0, 0.05) is 29.9 Å². The molecule has 6 heteroatoms. The quantitative estimate of drug-likeness (QED) is 0.482. The van der Waals surface area contributed by atoms with Crippen LogP contribution in [0.15, 0.2) is 85.2 Å². The maximum Gasteiger partial charge on any atom is 0.339 e. The molecule has 0 spiro atoms. The van der Waals surface area contributed by atoms with Crippen LogP contribution in [0.3, 0.4) is 0 Å². The molecule has 1 amide bonds. The standard InChI is InChI=1S/C25H21N3O3/c1-17(24(29)27-15-18-8-3-2-4-9-18)31-25(30)21-14-23(19-10-7-13-26-16-19)28-22-12-6-5-11-20(21)22/h2-14,16-17H,15H2,1H3,(H,27,29)/t17-/m0/s1. The summed E-state index contributed by atoms with van der Waals surface area (Å²) >= 11 is 0. The Kier molecular flexibility index (Phi) is 5.98. The second-order valence-corrected chi connectivity index (χ2v) is 7.06. The minimum absolute atomic E-state index is 0.354. The lowest BCUT2D eigenvalue weighted by atomic mass is 10.0. The average molecular weight is 411 g/mol. The highest BCUT2D eigenvalue weighted by Crippen LogP contribution is 2.25. The molecule has 4 rings (SSSR count). The zero-order valence-corrected chi connectivity index (χ0v) is 17.0. The van der Waals surface area contributed by atoms with Crippen LogP contribution in [0.5, 0.6) is 0 Å². The lowest BCUT2D eigenvalue weighted by molar-refractivity contribution is -0.129. The van der Waals surface area contributed by atoms with Crippen LogP contribution in [-0.4, -0.2) is 27.9 Å². The number of pyridine rings is 2. The third kappa shape index (κ3) is 4.75. The van der Waals surface area contributed by atoms with E-state index in [-0.39, 0.29) is 5.91 Å². The Bertz CT molecular complexity index is 1210. The summed E-state index contributed by atoms with van der Waals surface area (Å²) in [6.07, 6.45) is 2.42. The van der Waals surface area contributed by atoms with Crippen molar-refractivity contribution in [1.29, 1.82) is 0 Å². The van der Waals surface area contributed by atoms with Crippen LogP contribution in [-0.2, 0) is 16.1 Å².